The number of nitrogens with one attached hydrogen (secondary N) is 1. The fourth-order valence-corrected chi connectivity index (χ4v) is 2.74. The molecule has 1 heterocycles. The Hall–Kier alpha value is -1.06. The highest BCUT2D eigenvalue weighted by Crippen LogP contribution is 2.23. The monoisotopic (exact) mass is 330 g/mol. The summed E-state index contributed by atoms with van der Waals surface area (Å²) in [4.78, 5) is 12.5. The predicted molar refractivity (Wildman–Crippen MR) is 74.5 cm³/mol. The molecule has 0 aliphatic heterocycles. The highest BCUT2D eigenvalue weighted by atomic mass is 79.9. The maximum Gasteiger partial charge on any atom is 0.408 e. The van der Waals surface area contributed by atoms with Gasteiger partial charge in [0.15, 0.2) is 6.10 Å². The zero-order valence-electron chi connectivity index (χ0n) is 10.5. The molecular formula is C12H15BrN2O2S. The lowest BCUT2D eigenvalue weighted by atomic mass is 10.1. The van der Waals surface area contributed by atoms with Gasteiger partial charge < -0.3 is 10.1 Å². The number of nitrogens with zero attached hydrogens (tertiary/aromatic N) is 1. The minimum atomic E-state index is -0.766. The number of alkyl carbamates (subject to hydrolysis) is 1. The van der Waals surface area contributed by atoms with Gasteiger partial charge >= 0.3 is 6.09 Å². The van der Waals surface area contributed by atoms with Gasteiger partial charge in [0.2, 0.25) is 0 Å². The Balaban J connectivity index is 2.53. The van der Waals surface area contributed by atoms with Crippen molar-refractivity contribution < 1.29 is 9.53 Å². The van der Waals surface area contributed by atoms with Crippen LogP contribution in [0.2, 0.25) is 0 Å². The fourth-order valence-electron chi connectivity index (χ4n) is 1.22. The molecule has 0 fully saturated rings. The lowest BCUT2D eigenvalue weighted by Crippen LogP contribution is -2.42. The number of amides is 1. The molecule has 0 aliphatic rings. The van der Waals surface area contributed by atoms with Crippen molar-refractivity contribution in [2.75, 3.05) is 0 Å². The number of hydrogen-bond donors (Lipinski definition) is 1. The molecule has 0 spiro atoms. The first kappa shape index (κ1) is 15.0. The van der Waals surface area contributed by atoms with Crippen molar-refractivity contribution in [3.05, 3.63) is 20.8 Å². The smallest absolute Gasteiger partial charge is 0.408 e. The van der Waals surface area contributed by atoms with Crippen molar-refractivity contribution in [1.29, 1.82) is 5.26 Å². The molecule has 18 heavy (non-hydrogen) atoms. The van der Waals surface area contributed by atoms with E-state index in [1.54, 1.807) is 0 Å². The second kappa shape index (κ2) is 6.21. The van der Waals surface area contributed by atoms with Crippen molar-refractivity contribution in [2.45, 2.75) is 38.8 Å². The van der Waals surface area contributed by atoms with Gasteiger partial charge in [0.1, 0.15) is 6.07 Å². The summed E-state index contributed by atoms with van der Waals surface area (Å²) < 4.78 is 6.06. The first-order chi connectivity index (χ1) is 8.30. The van der Waals surface area contributed by atoms with E-state index in [1.165, 1.54) is 11.3 Å². The van der Waals surface area contributed by atoms with Gasteiger partial charge in [-0.25, -0.2) is 4.79 Å². The molecule has 0 saturated carbocycles. The highest BCUT2D eigenvalue weighted by Gasteiger charge is 2.19. The lowest BCUT2D eigenvalue weighted by molar-refractivity contribution is 0.115. The second-order valence-corrected chi connectivity index (χ2v) is 7.36. The summed E-state index contributed by atoms with van der Waals surface area (Å²) in [6.45, 7) is 5.56. The average Bonchev–Trinajstić information content (AvgIpc) is 2.60. The number of thiophene rings is 1. The van der Waals surface area contributed by atoms with Crippen LogP contribution in [0.3, 0.4) is 0 Å². The predicted octanol–water partition coefficient (Wildman–Crippen LogP) is 3.47. The molecule has 98 valence electrons. The maximum atomic E-state index is 11.5. The van der Waals surface area contributed by atoms with Crippen LogP contribution in [0.25, 0.3) is 0 Å². The molecular weight excluding hydrogens is 316 g/mol. The first-order valence-electron chi connectivity index (χ1n) is 5.43. The molecule has 0 aliphatic carbocycles. The quantitative estimate of drug-likeness (QED) is 0.922. The Morgan fingerprint density at radius 3 is 2.72 bits per heavy atom. The molecule has 0 unspecified atom stereocenters. The van der Waals surface area contributed by atoms with Gasteiger partial charge in [-0.2, -0.15) is 5.26 Å². The van der Waals surface area contributed by atoms with E-state index in [9.17, 15) is 4.79 Å². The number of ether oxygens (including phenoxy) is 1. The van der Waals surface area contributed by atoms with Crippen molar-refractivity contribution in [2.24, 2.45) is 0 Å². The van der Waals surface area contributed by atoms with Gasteiger partial charge in [0, 0.05) is 16.8 Å². The Labute approximate surface area is 119 Å². The largest absolute Gasteiger partial charge is 0.430 e. The van der Waals surface area contributed by atoms with E-state index in [0.717, 1.165) is 8.66 Å². The van der Waals surface area contributed by atoms with Crippen LogP contribution >= 0.6 is 27.3 Å². The summed E-state index contributed by atoms with van der Waals surface area (Å²) in [6.07, 6.45) is -0.924. The maximum absolute atomic E-state index is 11.5. The Kier molecular flexibility index (Phi) is 5.17. The van der Waals surface area contributed by atoms with Crippen LogP contribution in [0, 0.1) is 11.3 Å². The number of halogens is 1. The normalized spacial score (nSPS) is 12.6. The van der Waals surface area contributed by atoms with Gasteiger partial charge in [-0.1, -0.05) is 0 Å². The van der Waals surface area contributed by atoms with Crippen LogP contribution in [0.15, 0.2) is 15.9 Å². The zero-order valence-corrected chi connectivity index (χ0v) is 12.9. The third-order valence-electron chi connectivity index (χ3n) is 1.89. The number of hydrogen-bond acceptors (Lipinski definition) is 4. The Morgan fingerprint density at radius 2 is 2.28 bits per heavy atom. The molecule has 1 atom stereocenters. The van der Waals surface area contributed by atoms with Gasteiger partial charge in [-0.15, -0.1) is 11.3 Å². The van der Waals surface area contributed by atoms with E-state index in [0.29, 0.717) is 6.42 Å². The van der Waals surface area contributed by atoms with Gasteiger partial charge in [-0.05, 0) is 48.8 Å². The number of carbonyl (C=O) groups excluding carboxylic acids is 1. The Bertz CT molecular complexity index is 459. The van der Waals surface area contributed by atoms with Crippen molar-refractivity contribution in [3.63, 3.8) is 0 Å². The molecule has 6 heteroatoms. The second-order valence-electron chi connectivity index (χ2n) is 4.81. The average molecular weight is 331 g/mol. The first-order valence-corrected chi connectivity index (χ1v) is 7.04. The van der Waals surface area contributed by atoms with E-state index >= 15 is 0 Å². The van der Waals surface area contributed by atoms with E-state index in [-0.39, 0.29) is 5.54 Å². The SMILES string of the molecule is CC(C)(C)NC(=O)O[C@H](C#N)Cc1ccc(Br)s1. The van der Waals surface area contributed by atoms with E-state index in [4.69, 9.17) is 10.00 Å². The molecule has 1 N–H and O–H groups in total. The minimum Gasteiger partial charge on any atom is -0.430 e. The summed E-state index contributed by atoms with van der Waals surface area (Å²) in [7, 11) is 0. The van der Waals surface area contributed by atoms with Crippen LogP contribution < -0.4 is 5.32 Å². The third kappa shape index (κ3) is 5.52. The molecule has 1 rings (SSSR count). The molecule has 0 aromatic carbocycles. The summed E-state index contributed by atoms with van der Waals surface area (Å²) in [5.74, 6) is 0. The minimum absolute atomic E-state index is 0.372. The van der Waals surface area contributed by atoms with E-state index < -0.39 is 12.2 Å². The number of carbonyl (C=O) groups is 1. The molecule has 4 nitrogen and oxygen atoms in total. The van der Waals surface area contributed by atoms with Crippen LogP contribution in [0.1, 0.15) is 25.6 Å². The van der Waals surface area contributed by atoms with Crippen LogP contribution in [-0.2, 0) is 11.2 Å². The molecule has 1 aromatic rings. The van der Waals surface area contributed by atoms with Gasteiger partial charge in [0.25, 0.3) is 0 Å². The molecule has 1 aromatic heterocycles. The van der Waals surface area contributed by atoms with E-state index in [1.807, 2.05) is 39.0 Å². The van der Waals surface area contributed by atoms with Crippen LogP contribution in [-0.4, -0.2) is 17.7 Å². The van der Waals surface area contributed by atoms with Crippen molar-refractivity contribution in [3.8, 4) is 6.07 Å². The van der Waals surface area contributed by atoms with Gasteiger partial charge in [-0.3, -0.25) is 0 Å². The topological polar surface area (TPSA) is 62.1 Å². The highest BCUT2D eigenvalue weighted by molar-refractivity contribution is 9.11. The molecule has 0 radical (unpaired) electrons. The van der Waals surface area contributed by atoms with Crippen molar-refractivity contribution >= 4 is 33.4 Å². The number of rotatable bonds is 3. The van der Waals surface area contributed by atoms with Gasteiger partial charge in [0.05, 0.1) is 3.79 Å². The number of nitriles is 1. The standard InChI is InChI=1S/C12H15BrN2O2S/c1-12(2,3)15-11(16)17-8(7-14)6-9-4-5-10(13)18-9/h4-5,8H,6H2,1-3H3,(H,15,16)/t8-/m0/s1. The van der Waals surface area contributed by atoms with E-state index in [2.05, 4.69) is 21.2 Å². The summed E-state index contributed by atoms with van der Waals surface area (Å²) in [5, 5.41) is 11.6. The molecule has 1 amide bonds. The van der Waals surface area contributed by atoms with Crippen LogP contribution in [0.4, 0.5) is 4.79 Å². The van der Waals surface area contributed by atoms with Crippen LogP contribution in [0.5, 0.6) is 0 Å². The summed E-state index contributed by atoms with van der Waals surface area (Å²) in [5.41, 5.74) is -0.372. The summed E-state index contributed by atoms with van der Waals surface area (Å²) in [6, 6.07) is 5.80. The van der Waals surface area contributed by atoms with Crippen molar-refractivity contribution in [1.82, 2.24) is 5.32 Å². The summed E-state index contributed by atoms with van der Waals surface area (Å²) >= 11 is 4.88. The Morgan fingerprint density at radius 1 is 1.61 bits per heavy atom. The third-order valence-corrected chi connectivity index (χ3v) is 3.53. The lowest BCUT2D eigenvalue weighted by Gasteiger charge is -2.21. The molecule has 0 saturated heterocycles. The zero-order chi connectivity index (χ0) is 13.8. The molecule has 0 bridgehead atoms. The fraction of sp³-hybridized carbons (Fsp3) is 0.500.